The monoisotopic (exact) mass is 528 g/mol. The lowest BCUT2D eigenvalue weighted by molar-refractivity contribution is -0.106. The normalized spacial score (nSPS) is 18.8. The molecule has 8 nitrogen and oxygen atoms in total. The molecule has 1 aromatic carbocycles. The number of nitrogens with zero attached hydrogens (tertiary/aromatic N) is 2. The topological polar surface area (TPSA) is 101 Å². The fraction of sp³-hybridized carbons (Fsp3) is 0.600. The molecule has 2 heterocycles. The molecule has 210 valence electrons. The summed E-state index contributed by atoms with van der Waals surface area (Å²) in [4.78, 5) is 18.9. The Hall–Kier alpha value is -2.36. The van der Waals surface area contributed by atoms with E-state index in [-0.39, 0.29) is 5.91 Å². The molecule has 1 aliphatic heterocycles. The van der Waals surface area contributed by atoms with Crippen LogP contribution in [0.5, 0.6) is 0 Å². The Balaban J connectivity index is 1.68. The lowest BCUT2D eigenvalue weighted by Gasteiger charge is -2.40. The van der Waals surface area contributed by atoms with Gasteiger partial charge in [-0.15, -0.1) is 0 Å². The first-order chi connectivity index (χ1) is 18.1. The number of aliphatic hydroxyl groups is 2. The van der Waals surface area contributed by atoms with E-state index in [1.807, 2.05) is 50.2 Å². The predicted molar refractivity (Wildman–Crippen MR) is 146 cm³/mol. The number of morpholine rings is 1. The smallest absolute Gasteiger partial charge is 0.254 e. The Morgan fingerprint density at radius 3 is 2.37 bits per heavy atom. The highest BCUT2D eigenvalue weighted by Crippen LogP contribution is 2.36. The minimum absolute atomic E-state index is 0.0106. The maximum absolute atomic E-state index is 12.9. The molecule has 0 radical (unpaired) electrons. The summed E-state index contributed by atoms with van der Waals surface area (Å²) in [5.41, 5.74) is -0.275. The molecule has 1 saturated heterocycles. The van der Waals surface area contributed by atoms with Gasteiger partial charge < -0.3 is 29.3 Å². The van der Waals surface area contributed by atoms with Gasteiger partial charge in [0.15, 0.2) is 0 Å². The molecular weight excluding hydrogens is 484 g/mol. The summed E-state index contributed by atoms with van der Waals surface area (Å²) in [6.45, 7) is 6.39. The molecule has 3 unspecified atom stereocenters. The Morgan fingerprint density at radius 2 is 1.71 bits per heavy atom. The van der Waals surface area contributed by atoms with Gasteiger partial charge in [-0.05, 0) is 62.4 Å². The van der Waals surface area contributed by atoms with E-state index >= 15 is 0 Å². The Labute approximate surface area is 226 Å². The van der Waals surface area contributed by atoms with Gasteiger partial charge in [0.2, 0.25) is 0 Å². The fourth-order valence-corrected chi connectivity index (χ4v) is 5.35. The molecule has 0 aliphatic carbocycles. The number of benzene rings is 1. The van der Waals surface area contributed by atoms with Crippen molar-refractivity contribution in [3.05, 3.63) is 65.5 Å². The van der Waals surface area contributed by atoms with E-state index in [0.717, 1.165) is 11.1 Å². The second-order valence-corrected chi connectivity index (χ2v) is 11.1. The molecule has 38 heavy (non-hydrogen) atoms. The van der Waals surface area contributed by atoms with Crippen LogP contribution in [0, 0.1) is 0 Å². The van der Waals surface area contributed by atoms with Crippen molar-refractivity contribution in [3.63, 3.8) is 0 Å². The Kier molecular flexibility index (Phi) is 10.8. The molecule has 8 heteroatoms. The standard InChI is InChI=1S/C30H44N2O6/c1-28(34,20-24-7-5-9-26(19-24)27(33)32-14-17-38-18-15-32)10-11-30(37-4,12-16-36-3)23-29(2,35)21-25-8-6-13-31-22-25/h5-9,13,19,22,34-35H,10-12,14-18,20-21,23H2,1-4H3. The Morgan fingerprint density at radius 1 is 1.00 bits per heavy atom. The minimum atomic E-state index is -1.04. The summed E-state index contributed by atoms with van der Waals surface area (Å²) < 4.78 is 16.8. The van der Waals surface area contributed by atoms with E-state index in [2.05, 4.69) is 4.98 Å². The van der Waals surface area contributed by atoms with E-state index in [0.29, 0.717) is 77.0 Å². The summed E-state index contributed by atoms with van der Waals surface area (Å²) >= 11 is 0. The van der Waals surface area contributed by atoms with E-state index in [9.17, 15) is 15.0 Å². The third-order valence-corrected chi connectivity index (χ3v) is 7.38. The molecule has 1 aliphatic rings. The fourth-order valence-electron chi connectivity index (χ4n) is 5.35. The van der Waals surface area contributed by atoms with Crippen molar-refractivity contribution in [3.8, 4) is 0 Å². The largest absolute Gasteiger partial charge is 0.390 e. The quantitative estimate of drug-likeness (QED) is 0.387. The number of pyridine rings is 1. The molecule has 0 spiro atoms. The van der Waals surface area contributed by atoms with E-state index in [1.165, 1.54) is 0 Å². The molecule has 1 aromatic heterocycles. The Bertz CT molecular complexity index is 1010. The van der Waals surface area contributed by atoms with Gasteiger partial charge in [0, 0.05) is 71.1 Å². The van der Waals surface area contributed by atoms with Crippen molar-refractivity contribution in [2.75, 3.05) is 47.1 Å². The molecule has 2 aromatic rings. The van der Waals surface area contributed by atoms with Crippen LogP contribution >= 0.6 is 0 Å². The molecule has 0 saturated carbocycles. The first kappa shape index (κ1) is 30.2. The molecular formula is C30H44N2O6. The highest BCUT2D eigenvalue weighted by molar-refractivity contribution is 5.94. The van der Waals surface area contributed by atoms with Crippen LogP contribution in [0.15, 0.2) is 48.8 Å². The number of methoxy groups -OCH3 is 2. The van der Waals surface area contributed by atoms with Crippen LogP contribution in [0.3, 0.4) is 0 Å². The van der Waals surface area contributed by atoms with E-state index in [4.69, 9.17) is 14.2 Å². The number of hydrogen-bond donors (Lipinski definition) is 2. The lowest BCUT2D eigenvalue weighted by atomic mass is 9.77. The number of carbonyl (C=O) groups is 1. The summed E-state index contributed by atoms with van der Waals surface area (Å²) in [5.74, 6) is -0.0106. The van der Waals surface area contributed by atoms with Gasteiger partial charge in [0.1, 0.15) is 0 Å². The van der Waals surface area contributed by atoms with Gasteiger partial charge in [-0.1, -0.05) is 18.2 Å². The average molecular weight is 529 g/mol. The first-order valence-corrected chi connectivity index (χ1v) is 13.4. The molecule has 1 amide bonds. The molecule has 3 atom stereocenters. The zero-order chi connectivity index (χ0) is 27.7. The average Bonchev–Trinajstić information content (AvgIpc) is 2.90. The third kappa shape index (κ3) is 9.13. The van der Waals surface area contributed by atoms with E-state index < -0.39 is 16.8 Å². The van der Waals surface area contributed by atoms with Crippen molar-refractivity contribution < 1.29 is 29.2 Å². The van der Waals surface area contributed by atoms with Gasteiger partial charge >= 0.3 is 0 Å². The number of hydrogen-bond acceptors (Lipinski definition) is 7. The molecule has 1 fully saturated rings. The molecule has 2 N–H and O–H groups in total. The van der Waals surface area contributed by atoms with Crippen LogP contribution in [0.4, 0.5) is 0 Å². The summed E-state index contributed by atoms with van der Waals surface area (Å²) in [5, 5.41) is 22.7. The second kappa shape index (κ2) is 13.6. The van der Waals surface area contributed by atoms with Crippen molar-refractivity contribution in [1.29, 1.82) is 0 Å². The van der Waals surface area contributed by atoms with Crippen LogP contribution < -0.4 is 0 Å². The van der Waals surface area contributed by atoms with Gasteiger partial charge in [-0.3, -0.25) is 9.78 Å². The van der Waals surface area contributed by atoms with Crippen molar-refractivity contribution >= 4 is 5.91 Å². The molecule has 0 bridgehead atoms. The van der Waals surface area contributed by atoms with Crippen LogP contribution in [0.1, 0.15) is 61.0 Å². The number of rotatable bonds is 14. The van der Waals surface area contributed by atoms with Gasteiger partial charge in [0.25, 0.3) is 5.91 Å². The summed E-state index contributed by atoms with van der Waals surface area (Å²) in [6.07, 6.45) is 6.28. The predicted octanol–water partition coefficient (Wildman–Crippen LogP) is 3.43. The number of carbonyl (C=O) groups excluding carboxylic acids is 1. The highest BCUT2D eigenvalue weighted by Gasteiger charge is 2.39. The van der Waals surface area contributed by atoms with Crippen LogP contribution in [-0.4, -0.2) is 89.9 Å². The zero-order valence-corrected chi connectivity index (χ0v) is 23.3. The summed E-state index contributed by atoms with van der Waals surface area (Å²) in [6, 6.07) is 11.3. The highest BCUT2D eigenvalue weighted by atomic mass is 16.5. The third-order valence-electron chi connectivity index (χ3n) is 7.38. The zero-order valence-electron chi connectivity index (χ0n) is 23.3. The first-order valence-electron chi connectivity index (χ1n) is 13.4. The van der Waals surface area contributed by atoms with Crippen LogP contribution in [-0.2, 0) is 27.1 Å². The minimum Gasteiger partial charge on any atom is -0.390 e. The molecule has 3 rings (SSSR count). The maximum atomic E-state index is 12.9. The summed E-state index contributed by atoms with van der Waals surface area (Å²) in [7, 11) is 3.31. The van der Waals surface area contributed by atoms with Crippen molar-refractivity contribution in [2.24, 2.45) is 0 Å². The van der Waals surface area contributed by atoms with Gasteiger partial charge in [-0.2, -0.15) is 0 Å². The van der Waals surface area contributed by atoms with E-state index in [1.54, 1.807) is 31.5 Å². The second-order valence-electron chi connectivity index (χ2n) is 11.1. The van der Waals surface area contributed by atoms with Crippen molar-refractivity contribution in [2.45, 2.75) is 69.2 Å². The van der Waals surface area contributed by atoms with Gasteiger partial charge in [-0.25, -0.2) is 0 Å². The SMILES string of the molecule is COCCC(CCC(C)(O)Cc1cccc(C(=O)N2CCOCC2)c1)(CC(C)(O)Cc1cccnc1)OC. The van der Waals surface area contributed by atoms with Gasteiger partial charge in [0.05, 0.1) is 30.0 Å². The maximum Gasteiger partial charge on any atom is 0.254 e. The lowest BCUT2D eigenvalue weighted by Crippen LogP contribution is -2.45. The van der Waals surface area contributed by atoms with Crippen LogP contribution in [0.2, 0.25) is 0 Å². The number of aromatic nitrogens is 1. The number of amides is 1. The van der Waals surface area contributed by atoms with Crippen LogP contribution in [0.25, 0.3) is 0 Å². The van der Waals surface area contributed by atoms with Crippen molar-refractivity contribution in [1.82, 2.24) is 9.88 Å². The number of ether oxygens (including phenoxy) is 3.